The van der Waals surface area contributed by atoms with Crippen LogP contribution in [0.5, 0.6) is 0 Å². The number of ether oxygens (including phenoxy) is 1. The van der Waals surface area contributed by atoms with Gasteiger partial charge in [0.1, 0.15) is 18.2 Å². The highest BCUT2D eigenvalue weighted by molar-refractivity contribution is 6.10. The van der Waals surface area contributed by atoms with E-state index in [1.54, 1.807) is 27.7 Å². The van der Waals surface area contributed by atoms with Crippen molar-refractivity contribution in [1.29, 1.82) is 0 Å². The van der Waals surface area contributed by atoms with E-state index in [2.05, 4.69) is 5.32 Å². The number of rotatable bonds is 8. The minimum absolute atomic E-state index is 0.00561. The van der Waals surface area contributed by atoms with Gasteiger partial charge in [-0.25, -0.2) is 8.78 Å². The molecule has 2 aliphatic rings. The molecule has 1 heterocycles. The minimum atomic E-state index is -1.26. The van der Waals surface area contributed by atoms with E-state index >= 15 is 4.39 Å². The van der Waals surface area contributed by atoms with Crippen molar-refractivity contribution in [2.75, 3.05) is 24.6 Å². The van der Waals surface area contributed by atoms with Crippen LogP contribution in [0.3, 0.4) is 0 Å². The molecule has 1 atom stereocenters. The SMILES string of the molecule is CCOC(=O)C[C@H](C)CNC(=O)CN1C(=O)C(C)(C)c2c(F)c(C3CC3)cc(F)c21. The lowest BCUT2D eigenvalue weighted by molar-refractivity contribution is -0.144. The highest BCUT2D eigenvalue weighted by Gasteiger charge is 2.49. The predicted molar refractivity (Wildman–Crippen MR) is 107 cm³/mol. The molecular weight excluding hydrogens is 394 g/mol. The molecule has 6 nitrogen and oxygen atoms in total. The lowest BCUT2D eigenvalue weighted by atomic mass is 9.84. The lowest BCUT2D eigenvalue weighted by Gasteiger charge is -2.20. The molecule has 0 bridgehead atoms. The molecule has 0 spiro atoms. The second kappa shape index (κ2) is 8.32. The molecule has 2 amide bonds. The van der Waals surface area contributed by atoms with Gasteiger partial charge in [-0.15, -0.1) is 0 Å². The molecule has 1 aromatic rings. The molecule has 0 radical (unpaired) electrons. The van der Waals surface area contributed by atoms with Crippen LogP contribution in [-0.4, -0.2) is 37.5 Å². The molecule has 0 aromatic heterocycles. The van der Waals surface area contributed by atoms with Crippen LogP contribution >= 0.6 is 0 Å². The Kier molecular flexibility index (Phi) is 6.15. The molecule has 8 heteroatoms. The Balaban J connectivity index is 1.74. The van der Waals surface area contributed by atoms with Crippen LogP contribution < -0.4 is 10.2 Å². The van der Waals surface area contributed by atoms with Crippen molar-refractivity contribution in [2.24, 2.45) is 5.92 Å². The first kappa shape index (κ1) is 22.2. The summed E-state index contributed by atoms with van der Waals surface area (Å²) in [5, 5.41) is 2.65. The number of fused-ring (bicyclic) bond motifs is 1. The first-order valence-electron chi connectivity index (χ1n) is 10.3. The van der Waals surface area contributed by atoms with Crippen LogP contribution in [0.25, 0.3) is 0 Å². The maximum atomic E-state index is 15.2. The number of benzene rings is 1. The Morgan fingerprint density at radius 1 is 1.33 bits per heavy atom. The van der Waals surface area contributed by atoms with Gasteiger partial charge in [0.2, 0.25) is 11.8 Å². The molecule has 0 saturated heterocycles. The summed E-state index contributed by atoms with van der Waals surface area (Å²) in [7, 11) is 0. The Bertz CT molecular complexity index is 880. The fourth-order valence-corrected chi connectivity index (χ4v) is 3.92. The molecule has 1 aliphatic heterocycles. The maximum Gasteiger partial charge on any atom is 0.306 e. The normalized spacial score (nSPS) is 18.2. The number of nitrogens with one attached hydrogen (secondary N) is 1. The summed E-state index contributed by atoms with van der Waals surface area (Å²) in [6.07, 6.45) is 1.76. The smallest absolute Gasteiger partial charge is 0.306 e. The van der Waals surface area contributed by atoms with E-state index in [1.807, 2.05) is 0 Å². The van der Waals surface area contributed by atoms with E-state index in [4.69, 9.17) is 4.74 Å². The van der Waals surface area contributed by atoms with Crippen molar-refractivity contribution in [2.45, 2.75) is 58.3 Å². The lowest BCUT2D eigenvalue weighted by Crippen LogP contribution is -2.43. The summed E-state index contributed by atoms with van der Waals surface area (Å²) in [6, 6.07) is 1.16. The third-order valence-electron chi connectivity index (χ3n) is 5.68. The maximum absolute atomic E-state index is 15.2. The number of carbonyl (C=O) groups excluding carboxylic acids is 3. The number of hydrogen-bond acceptors (Lipinski definition) is 4. The zero-order chi connectivity index (χ0) is 22.2. The summed E-state index contributed by atoms with van der Waals surface area (Å²) >= 11 is 0. The number of nitrogens with zero attached hydrogens (tertiary/aromatic N) is 1. The molecule has 164 valence electrons. The van der Waals surface area contributed by atoms with Gasteiger partial charge in [-0.05, 0) is 57.1 Å². The van der Waals surface area contributed by atoms with Gasteiger partial charge in [0, 0.05) is 18.5 Å². The molecule has 1 aliphatic carbocycles. The highest BCUT2D eigenvalue weighted by atomic mass is 19.1. The van der Waals surface area contributed by atoms with Gasteiger partial charge in [-0.2, -0.15) is 0 Å². The molecule has 1 fully saturated rings. The van der Waals surface area contributed by atoms with Gasteiger partial charge in [0.15, 0.2) is 0 Å². The van der Waals surface area contributed by atoms with Gasteiger partial charge in [0.25, 0.3) is 0 Å². The summed E-state index contributed by atoms with van der Waals surface area (Å²) in [5.41, 5.74) is -1.08. The molecule has 3 rings (SSSR count). The van der Waals surface area contributed by atoms with E-state index in [-0.39, 0.29) is 48.6 Å². The van der Waals surface area contributed by atoms with Crippen LogP contribution in [0.4, 0.5) is 14.5 Å². The third kappa shape index (κ3) is 4.18. The molecule has 1 N–H and O–H groups in total. The first-order chi connectivity index (χ1) is 14.1. The van der Waals surface area contributed by atoms with E-state index in [1.165, 1.54) is 0 Å². The number of carbonyl (C=O) groups is 3. The average molecular weight is 422 g/mol. The number of hydrogen-bond donors (Lipinski definition) is 1. The minimum Gasteiger partial charge on any atom is -0.466 e. The molecule has 30 heavy (non-hydrogen) atoms. The van der Waals surface area contributed by atoms with Crippen LogP contribution in [0.1, 0.15) is 64.0 Å². The largest absolute Gasteiger partial charge is 0.466 e. The Labute approximate surface area is 174 Å². The van der Waals surface area contributed by atoms with Gasteiger partial charge in [0.05, 0.1) is 17.7 Å². The first-order valence-corrected chi connectivity index (χ1v) is 10.3. The predicted octanol–water partition coefficient (Wildman–Crippen LogP) is 3.17. The third-order valence-corrected chi connectivity index (χ3v) is 5.68. The van der Waals surface area contributed by atoms with Crippen LogP contribution in [-0.2, 0) is 24.5 Å². The van der Waals surface area contributed by atoms with Crippen molar-refractivity contribution in [1.82, 2.24) is 5.32 Å². The molecular formula is C22H28F2N2O4. The van der Waals surface area contributed by atoms with Gasteiger partial charge < -0.3 is 10.1 Å². The zero-order valence-electron chi connectivity index (χ0n) is 17.8. The zero-order valence-corrected chi connectivity index (χ0v) is 17.8. The van der Waals surface area contributed by atoms with Crippen molar-refractivity contribution < 1.29 is 27.9 Å². The summed E-state index contributed by atoms with van der Waals surface area (Å²) in [5.74, 6) is -2.77. The molecule has 1 saturated carbocycles. The summed E-state index contributed by atoms with van der Waals surface area (Å²) < 4.78 is 35.0. The van der Waals surface area contributed by atoms with Crippen molar-refractivity contribution in [3.05, 3.63) is 28.8 Å². The van der Waals surface area contributed by atoms with E-state index < -0.39 is 35.4 Å². The second-order valence-corrected chi connectivity index (χ2v) is 8.69. The van der Waals surface area contributed by atoms with Crippen molar-refractivity contribution >= 4 is 23.5 Å². The Morgan fingerprint density at radius 3 is 2.60 bits per heavy atom. The van der Waals surface area contributed by atoms with Crippen LogP contribution in [0.2, 0.25) is 0 Å². The highest BCUT2D eigenvalue weighted by Crippen LogP contribution is 2.50. The van der Waals surface area contributed by atoms with Gasteiger partial charge >= 0.3 is 5.97 Å². The average Bonchev–Trinajstić information content (AvgIpc) is 3.47. The van der Waals surface area contributed by atoms with Crippen molar-refractivity contribution in [3.8, 4) is 0 Å². The van der Waals surface area contributed by atoms with Gasteiger partial charge in [-0.3, -0.25) is 19.3 Å². The monoisotopic (exact) mass is 422 g/mol. The Hall–Kier alpha value is -2.51. The fourth-order valence-electron chi connectivity index (χ4n) is 3.92. The second-order valence-electron chi connectivity index (χ2n) is 8.69. The Morgan fingerprint density at radius 2 is 2.00 bits per heavy atom. The van der Waals surface area contributed by atoms with E-state index in [9.17, 15) is 18.8 Å². The topological polar surface area (TPSA) is 75.7 Å². The number of esters is 1. The molecule has 0 unspecified atom stereocenters. The molecule has 1 aromatic carbocycles. The summed E-state index contributed by atoms with van der Waals surface area (Å²) in [4.78, 5) is 37.9. The summed E-state index contributed by atoms with van der Waals surface area (Å²) in [6.45, 7) is 6.67. The van der Waals surface area contributed by atoms with Crippen LogP contribution in [0, 0.1) is 17.6 Å². The number of anilines is 1. The van der Waals surface area contributed by atoms with Crippen LogP contribution in [0.15, 0.2) is 6.07 Å². The number of halogens is 2. The van der Waals surface area contributed by atoms with E-state index in [0.717, 1.165) is 23.8 Å². The fraction of sp³-hybridized carbons (Fsp3) is 0.591. The van der Waals surface area contributed by atoms with E-state index in [0.29, 0.717) is 5.56 Å². The van der Waals surface area contributed by atoms with Crippen molar-refractivity contribution in [3.63, 3.8) is 0 Å². The van der Waals surface area contributed by atoms with Gasteiger partial charge in [-0.1, -0.05) is 6.92 Å². The quantitative estimate of drug-likeness (QED) is 0.653. The standard InChI is InChI=1S/C22H28F2N2O4/c1-5-30-17(28)8-12(2)10-25-16(27)11-26-20-15(23)9-14(13-6-7-13)19(24)18(20)22(3,4)21(26)29/h9,12-13H,5-8,10-11H2,1-4H3,(H,25,27)/t12-/m0/s1. The number of amides is 2.